The van der Waals surface area contributed by atoms with Crippen LogP contribution in [-0.4, -0.2) is 35.2 Å². The lowest BCUT2D eigenvalue weighted by atomic mass is 10.1. The number of aliphatic hydroxyl groups excluding tert-OH is 1. The second-order valence-corrected chi connectivity index (χ2v) is 6.43. The summed E-state index contributed by atoms with van der Waals surface area (Å²) >= 11 is 1.60. The zero-order valence-corrected chi connectivity index (χ0v) is 13.5. The smallest absolute Gasteiger partial charge is 0.321 e. The van der Waals surface area contributed by atoms with E-state index in [1.54, 1.807) is 16.2 Å². The molecule has 5 heteroatoms. The van der Waals surface area contributed by atoms with Crippen molar-refractivity contribution in [3.8, 4) is 11.8 Å². The molecule has 0 saturated carbocycles. The first-order valence-corrected chi connectivity index (χ1v) is 8.48. The number of hydrogen-bond donors (Lipinski definition) is 2. The van der Waals surface area contributed by atoms with Crippen LogP contribution in [0.1, 0.15) is 23.3 Å². The number of β-amino-alcohol motifs (C(OH)–C–C–N with tert-alkyl or cyclic N) is 1. The second kappa shape index (κ2) is 7.32. The summed E-state index contributed by atoms with van der Waals surface area (Å²) in [6.45, 7) is 1.07. The van der Waals surface area contributed by atoms with Gasteiger partial charge in [-0.1, -0.05) is 24.0 Å². The molecule has 1 aromatic carbocycles. The number of aliphatic hydroxyl groups is 1. The first-order chi connectivity index (χ1) is 11.2. The molecule has 0 radical (unpaired) electrons. The van der Waals surface area contributed by atoms with Crippen LogP contribution in [0, 0.1) is 11.8 Å². The maximum absolute atomic E-state index is 12.2. The van der Waals surface area contributed by atoms with Crippen molar-refractivity contribution in [3.63, 3.8) is 0 Å². The van der Waals surface area contributed by atoms with E-state index >= 15 is 0 Å². The predicted octanol–water partition coefficient (Wildman–Crippen LogP) is 3.14. The summed E-state index contributed by atoms with van der Waals surface area (Å²) in [7, 11) is 0. The van der Waals surface area contributed by atoms with Gasteiger partial charge in [0.1, 0.15) is 0 Å². The summed E-state index contributed by atoms with van der Waals surface area (Å²) < 4.78 is 0. The zero-order valence-electron chi connectivity index (χ0n) is 12.7. The Hall–Kier alpha value is -2.29. The normalized spacial score (nSPS) is 17.3. The molecule has 3 rings (SSSR count). The maximum Gasteiger partial charge on any atom is 0.321 e. The van der Waals surface area contributed by atoms with Crippen LogP contribution in [-0.2, 0) is 0 Å². The Morgan fingerprint density at radius 3 is 3.00 bits per heavy atom. The Kier molecular flexibility index (Phi) is 4.96. The minimum absolute atomic E-state index is 0.174. The van der Waals surface area contributed by atoms with Crippen LogP contribution in [0.3, 0.4) is 0 Å². The highest BCUT2D eigenvalue weighted by molar-refractivity contribution is 7.10. The van der Waals surface area contributed by atoms with Crippen molar-refractivity contribution in [1.29, 1.82) is 0 Å². The number of amides is 2. The van der Waals surface area contributed by atoms with Crippen molar-refractivity contribution < 1.29 is 9.90 Å². The highest BCUT2D eigenvalue weighted by atomic mass is 32.1. The molecule has 2 amide bonds. The average molecular weight is 326 g/mol. The summed E-state index contributed by atoms with van der Waals surface area (Å²) in [5.41, 5.74) is 1.57. The van der Waals surface area contributed by atoms with E-state index in [-0.39, 0.29) is 6.03 Å². The van der Waals surface area contributed by atoms with Crippen LogP contribution in [0.4, 0.5) is 10.5 Å². The number of likely N-dealkylation sites (tertiary alicyclic amines) is 1. The number of nitrogens with one attached hydrogen (secondary N) is 1. The minimum Gasteiger partial charge on any atom is -0.391 e. The third-order valence-corrected chi connectivity index (χ3v) is 4.43. The molecule has 1 atom stereocenters. The van der Waals surface area contributed by atoms with E-state index in [1.807, 2.05) is 41.8 Å². The van der Waals surface area contributed by atoms with Crippen LogP contribution < -0.4 is 5.32 Å². The number of piperidine rings is 1. The number of nitrogens with zero attached hydrogens (tertiary/aromatic N) is 1. The summed E-state index contributed by atoms with van der Waals surface area (Å²) in [6, 6.07) is 11.3. The molecule has 118 valence electrons. The molecule has 4 nitrogen and oxygen atoms in total. The lowest BCUT2D eigenvalue weighted by molar-refractivity contribution is 0.0883. The molecular formula is C18H18N2O2S. The third-order valence-electron chi connectivity index (χ3n) is 3.65. The molecular weight excluding hydrogens is 308 g/mol. The molecule has 2 N–H and O–H groups in total. The lowest BCUT2D eigenvalue weighted by Crippen LogP contribution is -2.44. The lowest BCUT2D eigenvalue weighted by Gasteiger charge is -2.30. The van der Waals surface area contributed by atoms with E-state index in [9.17, 15) is 9.90 Å². The van der Waals surface area contributed by atoms with Crippen molar-refractivity contribution in [2.24, 2.45) is 0 Å². The fourth-order valence-corrected chi connectivity index (χ4v) is 3.07. The number of anilines is 1. The van der Waals surface area contributed by atoms with Gasteiger partial charge in [-0.15, -0.1) is 11.3 Å². The van der Waals surface area contributed by atoms with Crippen molar-refractivity contribution in [2.75, 3.05) is 18.4 Å². The number of thiophene rings is 1. The highest BCUT2D eigenvalue weighted by Crippen LogP contribution is 2.14. The van der Waals surface area contributed by atoms with Gasteiger partial charge in [0.15, 0.2) is 0 Å². The van der Waals surface area contributed by atoms with Crippen LogP contribution in [0.15, 0.2) is 41.8 Å². The standard InChI is InChI=1S/C18H18N2O2S/c21-16-6-2-10-20(13-16)18(22)19-15-5-1-4-14(12-15)8-9-17-7-3-11-23-17/h1,3-5,7,11-12,16,21H,2,6,10,13H2,(H,19,22)/t16-/m0/s1. The minimum atomic E-state index is -0.419. The van der Waals surface area contributed by atoms with Crippen LogP contribution in [0.25, 0.3) is 0 Å². The van der Waals surface area contributed by atoms with E-state index in [2.05, 4.69) is 17.2 Å². The van der Waals surface area contributed by atoms with E-state index in [1.165, 1.54) is 0 Å². The summed E-state index contributed by atoms with van der Waals surface area (Å²) in [5.74, 6) is 6.21. The molecule has 0 bridgehead atoms. The van der Waals surface area contributed by atoms with E-state index in [4.69, 9.17) is 0 Å². The molecule has 1 aliphatic rings. The number of urea groups is 1. The van der Waals surface area contributed by atoms with E-state index in [0.29, 0.717) is 18.8 Å². The molecule has 1 fully saturated rings. The van der Waals surface area contributed by atoms with Gasteiger partial charge in [0.25, 0.3) is 0 Å². The second-order valence-electron chi connectivity index (χ2n) is 5.48. The first-order valence-electron chi connectivity index (χ1n) is 7.60. The van der Waals surface area contributed by atoms with Crippen molar-refractivity contribution in [1.82, 2.24) is 4.90 Å². The van der Waals surface area contributed by atoms with Crippen LogP contribution >= 0.6 is 11.3 Å². The molecule has 23 heavy (non-hydrogen) atoms. The Balaban J connectivity index is 1.66. The predicted molar refractivity (Wildman–Crippen MR) is 92.6 cm³/mol. The molecule has 0 spiro atoms. The van der Waals surface area contributed by atoms with Gasteiger partial charge in [0.2, 0.25) is 0 Å². The first kappa shape index (κ1) is 15.6. The fraction of sp³-hybridized carbons (Fsp3) is 0.278. The number of hydrogen-bond acceptors (Lipinski definition) is 3. The van der Waals surface area contributed by atoms with Crippen molar-refractivity contribution in [3.05, 3.63) is 52.2 Å². The molecule has 1 aliphatic heterocycles. The Morgan fingerprint density at radius 2 is 2.22 bits per heavy atom. The van der Waals surface area contributed by atoms with Gasteiger partial charge < -0.3 is 15.3 Å². The topological polar surface area (TPSA) is 52.6 Å². The SMILES string of the molecule is O=C(Nc1cccc(C#Cc2cccs2)c1)N1CCC[C@H](O)C1. The largest absolute Gasteiger partial charge is 0.391 e. The molecule has 2 heterocycles. The van der Waals surface area contributed by atoms with Gasteiger partial charge in [-0.2, -0.15) is 0 Å². The van der Waals surface area contributed by atoms with Gasteiger partial charge in [0.05, 0.1) is 11.0 Å². The quantitative estimate of drug-likeness (QED) is 0.791. The van der Waals surface area contributed by atoms with Crippen molar-refractivity contribution in [2.45, 2.75) is 18.9 Å². The molecule has 2 aromatic rings. The highest BCUT2D eigenvalue weighted by Gasteiger charge is 2.21. The maximum atomic E-state index is 12.2. The van der Waals surface area contributed by atoms with E-state index in [0.717, 1.165) is 23.3 Å². The Labute approximate surface area is 139 Å². The Morgan fingerprint density at radius 1 is 1.30 bits per heavy atom. The Bertz CT molecular complexity index is 731. The third kappa shape index (κ3) is 4.35. The number of carbonyl (C=O) groups is 1. The van der Waals surface area contributed by atoms with Crippen LogP contribution in [0.2, 0.25) is 0 Å². The number of benzene rings is 1. The summed E-state index contributed by atoms with van der Waals surface area (Å²) in [6.07, 6.45) is 1.18. The fourth-order valence-electron chi connectivity index (χ4n) is 2.50. The van der Waals surface area contributed by atoms with E-state index < -0.39 is 6.10 Å². The van der Waals surface area contributed by atoms with Crippen LogP contribution in [0.5, 0.6) is 0 Å². The molecule has 1 aromatic heterocycles. The summed E-state index contributed by atoms with van der Waals surface area (Å²) in [5, 5.41) is 14.5. The van der Waals surface area contributed by atoms with Gasteiger partial charge in [0, 0.05) is 24.3 Å². The molecule has 0 aliphatic carbocycles. The van der Waals surface area contributed by atoms with Gasteiger partial charge in [-0.3, -0.25) is 0 Å². The molecule has 0 unspecified atom stereocenters. The van der Waals surface area contributed by atoms with Gasteiger partial charge >= 0.3 is 6.03 Å². The van der Waals surface area contributed by atoms with Gasteiger partial charge in [-0.05, 0) is 42.5 Å². The average Bonchev–Trinajstić information content (AvgIpc) is 3.07. The van der Waals surface area contributed by atoms with Gasteiger partial charge in [-0.25, -0.2) is 4.79 Å². The number of rotatable bonds is 1. The summed E-state index contributed by atoms with van der Waals surface area (Å²) in [4.78, 5) is 14.9. The zero-order chi connectivity index (χ0) is 16.1. The monoisotopic (exact) mass is 326 g/mol. The number of carbonyl (C=O) groups excluding carboxylic acids is 1. The molecule has 1 saturated heterocycles. The van der Waals surface area contributed by atoms with Crippen molar-refractivity contribution >= 4 is 23.1 Å².